The molecule has 6 heteroatoms. The van der Waals surface area contributed by atoms with Gasteiger partial charge in [0.25, 0.3) is 0 Å². The maximum atomic E-state index is 5.10. The zero-order chi connectivity index (χ0) is 26.7. The van der Waals surface area contributed by atoms with Crippen molar-refractivity contribution < 1.29 is 0 Å². The number of anilines is 3. The fraction of sp³-hybridized carbons (Fsp3) is 0.294. The highest BCUT2D eigenvalue weighted by Crippen LogP contribution is 2.27. The Hall–Kier alpha value is -4.16. The van der Waals surface area contributed by atoms with E-state index < -0.39 is 0 Å². The van der Waals surface area contributed by atoms with Crippen LogP contribution in [0.1, 0.15) is 18.4 Å². The molecule has 40 heavy (non-hydrogen) atoms. The van der Waals surface area contributed by atoms with E-state index in [1.54, 1.807) is 0 Å². The standard InChI is InChI=1S/C34H36N6/c1-2-10-30(11-3-1)39-20-22-40(23-21-39)34-36-32-13-7-6-12-31(32)33(37-34)35-29-16-18-38(19-17-29)25-26-14-15-27-8-4-5-9-28(27)24-26/h1-15,24,29H,16-23,25H2,(H,35,36,37). The Morgan fingerprint density at radius 3 is 2.17 bits per heavy atom. The number of nitrogens with zero attached hydrogens (tertiary/aromatic N) is 5. The van der Waals surface area contributed by atoms with Gasteiger partial charge < -0.3 is 15.1 Å². The summed E-state index contributed by atoms with van der Waals surface area (Å²) in [6.45, 7) is 6.95. The minimum absolute atomic E-state index is 0.411. The molecule has 0 amide bonds. The molecule has 0 saturated carbocycles. The summed E-state index contributed by atoms with van der Waals surface area (Å²) in [5.41, 5.74) is 3.69. The number of nitrogens with one attached hydrogen (secondary N) is 1. The number of fused-ring (bicyclic) bond motifs is 2. The minimum atomic E-state index is 0.411. The van der Waals surface area contributed by atoms with Crippen LogP contribution >= 0.6 is 0 Å². The molecule has 0 spiro atoms. The maximum absolute atomic E-state index is 5.10. The molecule has 2 aliphatic heterocycles. The van der Waals surface area contributed by atoms with Gasteiger partial charge in [0.1, 0.15) is 5.82 Å². The van der Waals surface area contributed by atoms with Gasteiger partial charge in [-0.3, -0.25) is 4.90 Å². The summed E-state index contributed by atoms with van der Waals surface area (Å²) in [6, 6.07) is 35.0. The fourth-order valence-electron chi connectivity index (χ4n) is 6.14. The normalized spacial score (nSPS) is 17.0. The van der Waals surface area contributed by atoms with Crippen molar-refractivity contribution in [2.75, 3.05) is 54.4 Å². The minimum Gasteiger partial charge on any atom is -0.368 e. The molecule has 0 unspecified atom stereocenters. The Morgan fingerprint density at radius 2 is 1.35 bits per heavy atom. The van der Waals surface area contributed by atoms with Crippen LogP contribution < -0.4 is 15.1 Å². The highest BCUT2D eigenvalue weighted by molar-refractivity contribution is 5.90. The third-order valence-electron chi connectivity index (χ3n) is 8.42. The van der Waals surface area contributed by atoms with E-state index in [1.807, 2.05) is 0 Å². The topological polar surface area (TPSA) is 47.5 Å². The zero-order valence-electron chi connectivity index (χ0n) is 22.9. The van der Waals surface area contributed by atoms with Crippen molar-refractivity contribution >= 4 is 39.1 Å². The van der Waals surface area contributed by atoms with Crippen molar-refractivity contribution in [1.29, 1.82) is 0 Å². The predicted octanol–water partition coefficient (Wildman–Crippen LogP) is 6.19. The van der Waals surface area contributed by atoms with Crippen LogP contribution in [0.5, 0.6) is 0 Å². The average Bonchev–Trinajstić information content (AvgIpc) is 3.02. The molecule has 6 nitrogen and oxygen atoms in total. The summed E-state index contributed by atoms with van der Waals surface area (Å²) >= 11 is 0. The van der Waals surface area contributed by atoms with E-state index in [-0.39, 0.29) is 0 Å². The van der Waals surface area contributed by atoms with Gasteiger partial charge in [0, 0.05) is 62.9 Å². The van der Waals surface area contributed by atoms with Gasteiger partial charge in [-0.25, -0.2) is 4.98 Å². The average molecular weight is 529 g/mol. The Morgan fingerprint density at radius 1 is 0.650 bits per heavy atom. The second-order valence-electron chi connectivity index (χ2n) is 11.1. The Labute approximate surface area is 236 Å². The van der Waals surface area contributed by atoms with E-state index in [4.69, 9.17) is 9.97 Å². The first-order valence-electron chi connectivity index (χ1n) is 14.6. The number of piperazine rings is 1. The first-order chi connectivity index (χ1) is 19.8. The van der Waals surface area contributed by atoms with Gasteiger partial charge in [-0.1, -0.05) is 66.7 Å². The summed E-state index contributed by atoms with van der Waals surface area (Å²) in [7, 11) is 0. The van der Waals surface area contributed by atoms with Gasteiger partial charge in [-0.15, -0.1) is 0 Å². The lowest BCUT2D eigenvalue weighted by molar-refractivity contribution is 0.211. The van der Waals surface area contributed by atoms with Crippen molar-refractivity contribution in [3.63, 3.8) is 0 Å². The Balaban J connectivity index is 1.02. The van der Waals surface area contributed by atoms with Crippen LogP contribution in [-0.4, -0.2) is 60.2 Å². The van der Waals surface area contributed by atoms with Gasteiger partial charge in [-0.2, -0.15) is 4.98 Å². The molecule has 202 valence electrons. The quantitative estimate of drug-likeness (QED) is 0.284. The summed E-state index contributed by atoms with van der Waals surface area (Å²) < 4.78 is 0. The molecule has 0 radical (unpaired) electrons. The lowest BCUT2D eigenvalue weighted by Crippen LogP contribution is -2.47. The van der Waals surface area contributed by atoms with E-state index >= 15 is 0 Å². The number of hydrogen-bond donors (Lipinski definition) is 1. The van der Waals surface area contributed by atoms with Crippen molar-refractivity contribution in [3.8, 4) is 0 Å². The van der Waals surface area contributed by atoms with Crippen LogP contribution in [-0.2, 0) is 6.54 Å². The van der Waals surface area contributed by atoms with E-state index in [1.165, 1.54) is 22.0 Å². The van der Waals surface area contributed by atoms with Gasteiger partial charge >= 0.3 is 0 Å². The van der Waals surface area contributed by atoms with Crippen molar-refractivity contribution in [2.24, 2.45) is 0 Å². The monoisotopic (exact) mass is 528 g/mol. The second kappa shape index (κ2) is 11.1. The predicted molar refractivity (Wildman–Crippen MR) is 166 cm³/mol. The van der Waals surface area contributed by atoms with Gasteiger partial charge in [0.05, 0.1) is 5.52 Å². The molecule has 2 saturated heterocycles. The van der Waals surface area contributed by atoms with Crippen LogP contribution in [0.15, 0.2) is 97.1 Å². The Kier molecular flexibility index (Phi) is 6.92. The fourth-order valence-corrected chi connectivity index (χ4v) is 6.14. The summed E-state index contributed by atoms with van der Waals surface area (Å²) in [6.07, 6.45) is 2.22. The molecule has 3 heterocycles. The number of rotatable bonds is 6. The van der Waals surface area contributed by atoms with E-state index in [2.05, 4.69) is 117 Å². The first-order valence-corrected chi connectivity index (χ1v) is 14.6. The highest BCUT2D eigenvalue weighted by atomic mass is 15.3. The lowest BCUT2D eigenvalue weighted by Gasteiger charge is -2.36. The molecule has 0 aliphatic carbocycles. The van der Waals surface area contributed by atoms with Crippen LogP contribution in [0.25, 0.3) is 21.7 Å². The van der Waals surface area contributed by atoms with E-state index in [0.29, 0.717) is 6.04 Å². The van der Waals surface area contributed by atoms with Gasteiger partial charge in [-0.05, 0) is 59.5 Å². The van der Waals surface area contributed by atoms with E-state index in [9.17, 15) is 0 Å². The molecule has 0 bridgehead atoms. The van der Waals surface area contributed by atoms with Crippen LogP contribution in [0.3, 0.4) is 0 Å². The highest BCUT2D eigenvalue weighted by Gasteiger charge is 2.23. The number of para-hydroxylation sites is 2. The molecule has 1 N–H and O–H groups in total. The van der Waals surface area contributed by atoms with Gasteiger partial charge in [0.2, 0.25) is 5.95 Å². The summed E-state index contributed by atoms with van der Waals surface area (Å²) in [4.78, 5) is 17.4. The SMILES string of the molecule is c1ccc(N2CCN(c3nc(NC4CCN(Cc5ccc6ccccc6c5)CC4)c4ccccc4n3)CC2)cc1. The third-order valence-corrected chi connectivity index (χ3v) is 8.42. The van der Waals surface area contributed by atoms with Crippen molar-refractivity contribution in [2.45, 2.75) is 25.4 Å². The number of aromatic nitrogens is 2. The molecule has 1 aromatic heterocycles. The zero-order valence-corrected chi connectivity index (χ0v) is 22.9. The van der Waals surface area contributed by atoms with Crippen molar-refractivity contribution in [1.82, 2.24) is 14.9 Å². The maximum Gasteiger partial charge on any atom is 0.228 e. The van der Waals surface area contributed by atoms with Crippen LogP contribution in [0, 0.1) is 0 Å². The smallest absolute Gasteiger partial charge is 0.228 e. The second-order valence-corrected chi connectivity index (χ2v) is 11.1. The molecule has 5 aromatic rings. The number of hydrogen-bond acceptors (Lipinski definition) is 6. The van der Waals surface area contributed by atoms with Crippen LogP contribution in [0.2, 0.25) is 0 Å². The largest absolute Gasteiger partial charge is 0.368 e. The third kappa shape index (κ3) is 5.32. The summed E-state index contributed by atoms with van der Waals surface area (Å²) in [5.74, 6) is 1.81. The molecule has 0 atom stereocenters. The number of benzene rings is 4. The number of piperidine rings is 1. The molecule has 4 aromatic carbocycles. The lowest BCUT2D eigenvalue weighted by atomic mass is 10.0. The molecular weight excluding hydrogens is 492 g/mol. The molecule has 7 rings (SSSR count). The Bertz CT molecular complexity index is 1590. The van der Waals surface area contributed by atoms with Crippen LogP contribution in [0.4, 0.5) is 17.5 Å². The number of likely N-dealkylation sites (tertiary alicyclic amines) is 1. The summed E-state index contributed by atoms with van der Waals surface area (Å²) in [5, 5.41) is 7.57. The van der Waals surface area contributed by atoms with Gasteiger partial charge in [0.15, 0.2) is 0 Å². The molecule has 2 fully saturated rings. The first kappa shape index (κ1) is 24.9. The molecular formula is C34H36N6. The molecule has 2 aliphatic rings. The van der Waals surface area contributed by atoms with E-state index in [0.717, 1.165) is 81.3 Å². The van der Waals surface area contributed by atoms with Crippen molar-refractivity contribution in [3.05, 3.63) is 103 Å².